The van der Waals surface area contributed by atoms with E-state index in [4.69, 9.17) is 4.74 Å². The molecule has 0 aliphatic heterocycles. The first kappa shape index (κ1) is 18.9. The van der Waals surface area contributed by atoms with Crippen LogP contribution >= 0.6 is 25.3 Å². The quantitative estimate of drug-likeness (QED) is 0.241. The molecule has 0 amide bonds. The molecule has 0 heterocycles. The molecule has 0 saturated carbocycles. The summed E-state index contributed by atoms with van der Waals surface area (Å²) < 4.78 is 4.94. The molecular formula is C15H28O2S2. The van der Waals surface area contributed by atoms with Gasteiger partial charge in [-0.3, -0.25) is 0 Å². The van der Waals surface area contributed by atoms with E-state index < -0.39 is 0 Å². The van der Waals surface area contributed by atoms with E-state index in [2.05, 4.69) is 38.8 Å². The summed E-state index contributed by atoms with van der Waals surface area (Å²) >= 11 is 9.10. The Labute approximate surface area is 129 Å². The summed E-state index contributed by atoms with van der Waals surface area (Å²) in [6.07, 6.45) is 10.8. The molecule has 2 atom stereocenters. The first-order valence-corrected chi connectivity index (χ1v) is 8.30. The molecule has 19 heavy (non-hydrogen) atoms. The van der Waals surface area contributed by atoms with Crippen LogP contribution < -0.4 is 0 Å². The van der Waals surface area contributed by atoms with Crippen LogP contribution in [0.25, 0.3) is 0 Å². The van der Waals surface area contributed by atoms with Crippen molar-refractivity contribution in [2.45, 2.75) is 68.8 Å². The van der Waals surface area contributed by atoms with Crippen molar-refractivity contribution < 1.29 is 9.53 Å². The second-order valence-corrected chi connectivity index (χ2v) is 6.18. The maximum Gasteiger partial charge on any atom is 0.330 e. The minimum atomic E-state index is -0.368. The highest BCUT2D eigenvalue weighted by Crippen LogP contribution is 2.20. The van der Waals surface area contributed by atoms with Gasteiger partial charge in [0.15, 0.2) is 0 Å². The Morgan fingerprint density at radius 2 is 1.68 bits per heavy atom. The van der Waals surface area contributed by atoms with Crippen molar-refractivity contribution in [3.05, 3.63) is 12.7 Å². The largest absolute Gasteiger partial charge is 0.463 e. The second-order valence-electron chi connectivity index (χ2n) is 4.85. The van der Waals surface area contributed by atoms with Crippen LogP contribution in [0.5, 0.6) is 0 Å². The van der Waals surface area contributed by atoms with Crippen LogP contribution in [0.1, 0.15) is 58.3 Å². The third-order valence-corrected chi connectivity index (χ3v) is 4.59. The van der Waals surface area contributed by atoms with Gasteiger partial charge in [0.2, 0.25) is 0 Å². The third kappa shape index (κ3) is 11.4. The number of carbonyl (C=O) groups is 1. The van der Waals surface area contributed by atoms with E-state index in [1.807, 2.05) is 0 Å². The smallest absolute Gasteiger partial charge is 0.330 e. The lowest BCUT2D eigenvalue weighted by Gasteiger charge is -2.18. The fourth-order valence-electron chi connectivity index (χ4n) is 1.86. The van der Waals surface area contributed by atoms with Gasteiger partial charge in [-0.05, 0) is 12.8 Å². The Hall–Kier alpha value is -0.0900. The van der Waals surface area contributed by atoms with Gasteiger partial charge < -0.3 is 4.74 Å². The standard InChI is InChI=1S/C15H28O2S2/c1-3-5-6-7-8-9-10-13(18)14(19)11-12-17-15(16)4-2/h4,13-14,18-19H,2-3,5-12H2,1H3. The van der Waals surface area contributed by atoms with Gasteiger partial charge in [0.05, 0.1) is 6.61 Å². The summed E-state index contributed by atoms with van der Waals surface area (Å²) in [5.74, 6) is -0.368. The lowest BCUT2D eigenvalue weighted by Crippen LogP contribution is -2.18. The number of esters is 1. The molecule has 0 aromatic carbocycles. The van der Waals surface area contributed by atoms with Crippen LogP contribution in [0.4, 0.5) is 0 Å². The molecular weight excluding hydrogens is 276 g/mol. The number of unbranched alkanes of at least 4 members (excludes halogenated alkanes) is 5. The molecule has 0 fully saturated rings. The number of carbonyl (C=O) groups excluding carboxylic acids is 1. The van der Waals surface area contributed by atoms with Crippen LogP contribution in [0.3, 0.4) is 0 Å². The fraction of sp³-hybridized carbons (Fsp3) is 0.800. The minimum absolute atomic E-state index is 0.177. The molecule has 2 unspecified atom stereocenters. The number of rotatable bonds is 12. The molecule has 0 saturated heterocycles. The first-order valence-electron chi connectivity index (χ1n) is 7.27. The Bertz CT molecular complexity index is 244. The number of thiol groups is 2. The summed E-state index contributed by atoms with van der Waals surface area (Å²) in [5.41, 5.74) is 0. The number of hydrogen-bond acceptors (Lipinski definition) is 4. The monoisotopic (exact) mass is 304 g/mol. The molecule has 4 heteroatoms. The molecule has 0 aromatic heterocycles. The predicted octanol–water partition coefficient (Wildman–Crippen LogP) is 4.45. The molecule has 112 valence electrons. The Kier molecular flexibility index (Phi) is 12.9. The van der Waals surface area contributed by atoms with Crippen molar-refractivity contribution in [1.82, 2.24) is 0 Å². The van der Waals surface area contributed by atoms with E-state index in [0.717, 1.165) is 12.8 Å². The lowest BCUT2D eigenvalue weighted by atomic mass is 10.1. The zero-order valence-electron chi connectivity index (χ0n) is 12.0. The average molecular weight is 305 g/mol. The van der Waals surface area contributed by atoms with Crippen LogP contribution in [-0.2, 0) is 9.53 Å². The van der Waals surface area contributed by atoms with Crippen molar-refractivity contribution in [1.29, 1.82) is 0 Å². The van der Waals surface area contributed by atoms with Gasteiger partial charge in [-0.25, -0.2) is 4.79 Å². The van der Waals surface area contributed by atoms with Crippen molar-refractivity contribution in [2.24, 2.45) is 0 Å². The zero-order chi connectivity index (χ0) is 14.5. The molecule has 0 radical (unpaired) electrons. The Morgan fingerprint density at radius 3 is 2.32 bits per heavy atom. The maximum atomic E-state index is 10.9. The van der Waals surface area contributed by atoms with Crippen LogP contribution in [0.2, 0.25) is 0 Å². The summed E-state index contributed by atoms with van der Waals surface area (Å²) in [6, 6.07) is 0. The first-order chi connectivity index (χ1) is 9.11. The lowest BCUT2D eigenvalue weighted by molar-refractivity contribution is -0.137. The highest BCUT2D eigenvalue weighted by atomic mass is 32.1. The van der Waals surface area contributed by atoms with Crippen molar-refractivity contribution >= 4 is 31.2 Å². The van der Waals surface area contributed by atoms with Crippen LogP contribution in [-0.4, -0.2) is 23.1 Å². The van der Waals surface area contributed by atoms with Crippen LogP contribution in [0, 0.1) is 0 Å². The van der Waals surface area contributed by atoms with Crippen molar-refractivity contribution in [3.63, 3.8) is 0 Å². The Morgan fingerprint density at radius 1 is 1.11 bits per heavy atom. The minimum Gasteiger partial charge on any atom is -0.463 e. The van der Waals surface area contributed by atoms with Gasteiger partial charge in [-0.2, -0.15) is 25.3 Å². The molecule has 0 rings (SSSR count). The number of hydrogen-bond donors (Lipinski definition) is 2. The van der Waals surface area contributed by atoms with Gasteiger partial charge >= 0.3 is 5.97 Å². The van der Waals surface area contributed by atoms with Gasteiger partial charge in [0.1, 0.15) is 0 Å². The average Bonchev–Trinajstić information content (AvgIpc) is 2.41. The van der Waals surface area contributed by atoms with Crippen LogP contribution in [0.15, 0.2) is 12.7 Å². The number of ether oxygens (including phenoxy) is 1. The Balaban J connectivity index is 3.50. The zero-order valence-corrected chi connectivity index (χ0v) is 13.8. The van der Waals surface area contributed by atoms with Gasteiger partial charge in [-0.1, -0.05) is 52.0 Å². The van der Waals surface area contributed by atoms with Gasteiger partial charge in [0.25, 0.3) is 0 Å². The summed E-state index contributed by atoms with van der Waals surface area (Å²) in [6.45, 7) is 5.98. The van der Waals surface area contributed by atoms with E-state index in [9.17, 15) is 4.79 Å². The van der Waals surface area contributed by atoms with Gasteiger partial charge in [0, 0.05) is 16.6 Å². The fourth-order valence-corrected chi connectivity index (χ4v) is 2.44. The molecule has 0 N–H and O–H groups in total. The molecule has 2 nitrogen and oxygen atoms in total. The second kappa shape index (κ2) is 12.9. The summed E-state index contributed by atoms with van der Waals surface area (Å²) in [7, 11) is 0. The highest BCUT2D eigenvalue weighted by molar-refractivity contribution is 7.85. The normalized spacial score (nSPS) is 13.8. The van der Waals surface area contributed by atoms with Crippen molar-refractivity contribution in [3.8, 4) is 0 Å². The predicted molar refractivity (Wildman–Crippen MR) is 89.3 cm³/mol. The molecule has 0 aliphatic rings. The van der Waals surface area contributed by atoms with E-state index in [0.29, 0.717) is 6.61 Å². The van der Waals surface area contributed by atoms with Gasteiger partial charge in [-0.15, -0.1) is 0 Å². The van der Waals surface area contributed by atoms with Crippen molar-refractivity contribution in [2.75, 3.05) is 6.61 Å². The van der Waals surface area contributed by atoms with E-state index in [-0.39, 0.29) is 16.5 Å². The van der Waals surface area contributed by atoms with E-state index in [1.165, 1.54) is 44.6 Å². The molecule has 0 bridgehead atoms. The summed E-state index contributed by atoms with van der Waals surface area (Å²) in [5, 5.41) is 0.452. The molecule has 0 aromatic rings. The molecule has 0 spiro atoms. The SMILES string of the molecule is C=CC(=O)OCCC(S)C(S)CCCCCCCC. The topological polar surface area (TPSA) is 26.3 Å². The molecule has 0 aliphatic carbocycles. The van der Waals surface area contributed by atoms with E-state index in [1.54, 1.807) is 0 Å². The summed E-state index contributed by atoms with van der Waals surface area (Å²) in [4.78, 5) is 10.9. The maximum absolute atomic E-state index is 10.9. The third-order valence-electron chi connectivity index (χ3n) is 3.12. The van der Waals surface area contributed by atoms with E-state index >= 15 is 0 Å². The highest BCUT2D eigenvalue weighted by Gasteiger charge is 2.14.